The number of hydrogen-bond acceptors (Lipinski definition) is 3. The van der Waals surface area contributed by atoms with Crippen LogP contribution in [-0.4, -0.2) is 17.7 Å². The van der Waals surface area contributed by atoms with Gasteiger partial charge in [-0.05, 0) is 27.2 Å². The average Bonchev–Trinajstić information content (AvgIpc) is 2.20. The molecular weight excluding hydrogens is 216 g/mol. The van der Waals surface area contributed by atoms with E-state index in [1.165, 1.54) is 6.42 Å². The molecule has 0 fully saturated rings. The first-order valence-corrected chi connectivity index (χ1v) is 6.28. The summed E-state index contributed by atoms with van der Waals surface area (Å²) in [6.07, 6.45) is 4.57. The van der Waals surface area contributed by atoms with Gasteiger partial charge in [-0.25, -0.2) is 4.79 Å². The van der Waals surface area contributed by atoms with Gasteiger partial charge in [0.25, 0.3) is 0 Å². The van der Waals surface area contributed by atoms with Crippen molar-refractivity contribution in [1.29, 1.82) is 5.26 Å². The van der Waals surface area contributed by atoms with E-state index in [-0.39, 0.29) is 0 Å². The maximum absolute atomic E-state index is 11.4. The molecule has 1 atom stereocenters. The first-order chi connectivity index (χ1) is 7.89. The maximum Gasteiger partial charge on any atom is 0.408 e. The second-order valence-corrected chi connectivity index (χ2v) is 5.18. The smallest absolute Gasteiger partial charge is 0.408 e. The van der Waals surface area contributed by atoms with Crippen LogP contribution in [0.5, 0.6) is 0 Å². The second-order valence-electron chi connectivity index (χ2n) is 5.18. The molecule has 4 nitrogen and oxygen atoms in total. The monoisotopic (exact) mass is 240 g/mol. The molecule has 0 aliphatic rings. The molecule has 1 unspecified atom stereocenters. The zero-order valence-corrected chi connectivity index (χ0v) is 11.4. The predicted octanol–water partition coefficient (Wildman–Crippen LogP) is 3.37. The summed E-state index contributed by atoms with van der Waals surface area (Å²) in [5.74, 6) is 0. The van der Waals surface area contributed by atoms with Crippen LogP contribution < -0.4 is 5.32 Å². The van der Waals surface area contributed by atoms with Crippen LogP contribution in [0.15, 0.2) is 0 Å². The summed E-state index contributed by atoms with van der Waals surface area (Å²) in [5.41, 5.74) is -0.522. The van der Waals surface area contributed by atoms with Crippen molar-refractivity contribution in [2.75, 3.05) is 0 Å². The Morgan fingerprint density at radius 3 is 2.47 bits per heavy atom. The van der Waals surface area contributed by atoms with Gasteiger partial charge < -0.3 is 10.1 Å². The van der Waals surface area contributed by atoms with Crippen molar-refractivity contribution < 1.29 is 9.53 Å². The number of nitrogens with one attached hydrogen (secondary N) is 1. The summed E-state index contributed by atoms with van der Waals surface area (Å²) in [6.45, 7) is 7.54. The maximum atomic E-state index is 11.4. The highest BCUT2D eigenvalue weighted by Crippen LogP contribution is 2.08. The van der Waals surface area contributed by atoms with Crippen molar-refractivity contribution in [3.05, 3.63) is 0 Å². The number of alkyl carbamates (subject to hydrolysis) is 1. The van der Waals surface area contributed by atoms with Gasteiger partial charge in [0, 0.05) is 0 Å². The van der Waals surface area contributed by atoms with Crippen LogP contribution in [0.2, 0.25) is 0 Å². The third-order valence-corrected chi connectivity index (χ3v) is 2.19. The number of hydrogen-bond donors (Lipinski definition) is 1. The predicted molar refractivity (Wildman–Crippen MR) is 67.5 cm³/mol. The fourth-order valence-electron chi connectivity index (χ4n) is 1.39. The van der Waals surface area contributed by atoms with Crippen LogP contribution in [-0.2, 0) is 4.74 Å². The summed E-state index contributed by atoms with van der Waals surface area (Å²) >= 11 is 0. The zero-order chi connectivity index (χ0) is 13.3. The normalized spacial score (nSPS) is 12.6. The number of carbonyl (C=O) groups excluding carboxylic acids is 1. The lowest BCUT2D eigenvalue weighted by molar-refractivity contribution is 0.0513. The minimum Gasteiger partial charge on any atom is -0.444 e. The lowest BCUT2D eigenvalue weighted by Gasteiger charge is -2.21. The molecule has 1 amide bonds. The molecule has 0 radical (unpaired) electrons. The van der Waals surface area contributed by atoms with Crippen molar-refractivity contribution in [1.82, 2.24) is 5.32 Å². The molecule has 0 saturated carbocycles. The topological polar surface area (TPSA) is 62.1 Å². The van der Waals surface area contributed by atoms with E-state index in [1.807, 2.05) is 0 Å². The van der Waals surface area contributed by atoms with E-state index >= 15 is 0 Å². The van der Waals surface area contributed by atoms with Gasteiger partial charge in [0.2, 0.25) is 0 Å². The first kappa shape index (κ1) is 15.8. The largest absolute Gasteiger partial charge is 0.444 e. The number of carbonyl (C=O) groups is 1. The van der Waals surface area contributed by atoms with Crippen LogP contribution >= 0.6 is 0 Å². The highest BCUT2D eigenvalue weighted by molar-refractivity contribution is 5.68. The second kappa shape index (κ2) is 7.94. The SMILES string of the molecule is CCCCCCC(C#N)NC(=O)OC(C)(C)C. The standard InChI is InChI=1S/C13H24N2O2/c1-5-6-7-8-9-11(10-14)15-12(16)17-13(2,3)4/h11H,5-9H2,1-4H3,(H,15,16). The lowest BCUT2D eigenvalue weighted by Crippen LogP contribution is -2.38. The molecule has 17 heavy (non-hydrogen) atoms. The molecule has 4 heteroatoms. The molecule has 0 aromatic heterocycles. The van der Waals surface area contributed by atoms with E-state index in [9.17, 15) is 4.79 Å². The number of unbranched alkanes of at least 4 members (excludes halogenated alkanes) is 3. The quantitative estimate of drug-likeness (QED) is 0.724. The molecular formula is C13H24N2O2. The van der Waals surface area contributed by atoms with E-state index in [4.69, 9.17) is 10.00 Å². The molecule has 98 valence electrons. The molecule has 0 bridgehead atoms. The van der Waals surface area contributed by atoms with Gasteiger partial charge >= 0.3 is 6.09 Å². The highest BCUT2D eigenvalue weighted by Gasteiger charge is 2.18. The van der Waals surface area contributed by atoms with Gasteiger partial charge in [0.1, 0.15) is 11.6 Å². The summed E-state index contributed by atoms with van der Waals surface area (Å²) in [4.78, 5) is 11.4. The van der Waals surface area contributed by atoms with Crippen molar-refractivity contribution in [2.24, 2.45) is 0 Å². The van der Waals surface area contributed by atoms with Crippen LogP contribution in [0.4, 0.5) is 4.79 Å². The van der Waals surface area contributed by atoms with Crippen LogP contribution in [0.3, 0.4) is 0 Å². The summed E-state index contributed by atoms with van der Waals surface area (Å²) in [7, 11) is 0. The van der Waals surface area contributed by atoms with Gasteiger partial charge in [-0.3, -0.25) is 0 Å². The Labute approximate surface area is 104 Å². The highest BCUT2D eigenvalue weighted by atomic mass is 16.6. The lowest BCUT2D eigenvalue weighted by atomic mass is 10.1. The number of nitrogens with zero attached hydrogens (tertiary/aromatic N) is 1. The fraction of sp³-hybridized carbons (Fsp3) is 0.846. The van der Waals surface area contributed by atoms with Crippen LogP contribution in [0.25, 0.3) is 0 Å². The minimum absolute atomic E-state index is 0.443. The Morgan fingerprint density at radius 1 is 1.35 bits per heavy atom. The van der Waals surface area contributed by atoms with Gasteiger partial charge in [0.05, 0.1) is 6.07 Å². The zero-order valence-electron chi connectivity index (χ0n) is 11.4. The average molecular weight is 240 g/mol. The Balaban J connectivity index is 3.89. The van der Waals surface area contributed by atoms with Gasteiger partial charge in [-0.2, -0.15) is 5.26 Å². The fourth-order valence-corrected chi connectivity index (χ4v) is 1.39. The van der Waals surface area contributed by atoms with Gasteiger partial charge in [-0.15, -0.1) is 0 Å². The Morgan fingerprint density at radius 2 is 2.00 bits per heavy atom. The van der Waals surface area contributed by atoms with Gasteiger partial charge in [0.15, 0.2) is 0 Å². The third-order valence-electron chi connectivity index (χ3n) is 2.19. The number of amides is 1. The first-order valence-electron chi connectivity index (χ1n) is 6.28. The molecule has 0 spiro atoms. The number of rotatable bonds is 6. The molecule has 0 aliphatic heterocycles. The van der Waals surface area contributed by atoms with Crippen molar-refractivity contribution in [3.63, 3.8) is 0 Å². The molecule has 0 rings (SSSR count). The number of nitriles is 1. The molecule has 0 heterocycles. The van der Waals surface area contributed by atoms with Crippen molar-refractivity contribution in [2.45, 2.75) is 71.4 Å². The van der Waals surface area contributed by atoms with Crippen LogP contribution in [0.1, 0.15) is 59.8 Å². The molecule has 0 aromatic rings. The van der Waals surface area contributed by atoms with E-state index < -0.39 is 17.7 Å². The Hall–Kier alpha value is -1.24. The summed E-state index contributed by atoms with van der Waals surface area (Å²) in [5, 5.41) is 11.5. The Kier molecular flexibility index (Phi) is 7.36. The minimum atomic E-state index is -0.522. The molecule has 0 aliphatic carbocycles. The molecule has 0 saturated heterocycles. The molecule has 1 N–H and O–H groups in total. The summed E-state index contributed by atoms with van der Waals surface area (Å²) in [6, 6.07) is 1.64. The van der Waals surface area contributed by atoms with Crippen molar-refractivity contribution >= 4 is 6.09 Å². The van der Waals surface area contributed by atoms with E-state index in [1.54, 1.807) is 20.8 Å². The number of ether oxygens (including phenoxy) is 1. The van der Waals surface area contributed by atoms with E-state index in [0.717, 1.165) is 19.3 Å². The van der Waals surface area contributed by atoms with Crippen LogP contribution in [0, 0.1) is 11.3 Å². The van der Waals surface area contributed by atoms with E-state index in [0.29, 0.717) is 6.42 Å². The van der Waals surface area contributed by atoms with Gasteiger partial charge in [-0.1, -0.05) is 32.6 Å². The summed E-state index contributed by atoms with van der Waals surface area (Å²) < 4.78 is 5.10. The van der Waals surface area contributed by atoms with Crippen molar-refractivity contribution in [3.8, 4) is 6.07 Å². The molecule has 0 aromatic carbocycles. The third kappa shape index (κ3) is 9.68. The van der Waals surface area contributed by atoms with E-state index in [2.05, 4.69) is 18.3 Å². The Bertz CT molecular complexity index is 264.